The van der Waals surface area contributed by atoms with E-state index in [9.17, 15) is 34.5 Å². The molecule has 0 aliphatic heterocycles. The lowest BCUT2D eigenvalue weighted by Gasteiger charge is -2.27. The highest BCUT2D eigenvalue weighted by Gasteiger charge is 2.29. The quantitative estimate of drug-likeness (QED) is 0.142. The molecule has 0 heterocycles. The fourth-order valence-corrected chi connectivity index (χ4v) is 4.42. The second kappa shape index (κ2) is 18.6. The van der Waals surface area contributed by atoms with E-state index in [1.807, 2.05) is 45.9 Å². The Labute approximate surface area is 261 Å². The standard InChI is InChI=1S/C32H53N3O9/c1-19(2)14-23(16-27(38)30(41)43-18-22-12-10-9-11-13-22)34-29(40)25(36)15-21(5)33-28(39)26(37)17-24(20(3)4)35-31(42)44-32(6,7)8/h9-13,19-21,23-27,36-38H,14-18H2,1-8H3,(H,33,39)(H,34,40)(H,35,42)/t21-,23-,24+,25+,26+,27+/m0/s1. The molecule has 0 aliphatic carbocycles. The van der Waals surface area contributed by atoms with Gasteiger partial charge in [-0.2, -0.15) is 0 Å². The molecule has 12 nitrogen and oxygen atoms in total. The molecule has 0 aromatic heterocycles. The molecule has 1 rings (SSSR count). The van der Waals surface area contributed by atoms with Crippen LogP contribution in [0.2, 0.25) is 0 Å². The molecule has 44 heavy (non-hydrogen) atoms. The summed E-state index contributed by atoms with van der Waals surface area (Å²) in [5.41, 5.74) is 0.0711. The molecule has 6 N–H and O–H groups in total. The number of aliphatic hydroxyl groups is 3. The van der Waals surface area contributed by atoms with Gasteiger partial charge in [-0.05, 0) is 51.5 Å². The van der Waals surface area contributed by atoms with Crippen molar-refractivity contribution in [1.82, 2.24) is 16.0 Å². The molecule has 0 unspecified atom stereocenters. The smallest absolute Gasteiger partial charge is 0.407 e. The van der Waals surface area contributed by atoms with Gasteiger partial charge in [0, 0.05) is 37.4 Å². The second-order valence-electron chi connectivity index (χ2n) is 13.1. The minimum absolute atomic E-state index is 0.00728. The van der Waals surface area contributed by atoms with Crippen molar-refractivity contribution >= 4 is 23.9 Å². The first-order valence-electron chi connectivity index (χ1n) is 15.2. The highest BCUT2D eigenvalue weighted by atomic mass is 16.6. The van der Waals surface area contributed by atoms with Gasteiger partial charge in [0.05, 0.1) is 0 Å². The van der Waals surface area contributed by atoms with Crippen molar-refractivity contribution in [1.29, 1.82) is 0 Å². The molecule has 0 spiro atoms. The Morgan fingerprint density at radius 3 is 1.86 bits per heavy atom. The molecule has 0 aliphatic rings. The lowest BCUT2D eigenvalue weighted by molar-refractivity contribution is -0.156. The Bertz CT molecular complexity index is 1040. The molecule has 1 aromatic carbocycles. The lowest BCUT2D eigenvalue weighted by atomic mass is 9.97. The van der Waals surface area contributed by atoms with Gasteiger partial charge in [0.15, 0.2) is 6.10 Å². The number of rotatable bonds is 17. The summed E-state index contributed by atoms with van der Waals surface area (Å²) in [4.78, 5) is 50.0. The van der Waals surface area contributed by atoms with Crippen molar-refractivity contribution in [3.8, 4) is 0 Å². The maximum absolute atomic E-state index is 12.8. The van der Waals surface area contributed by atoms with Crippen molar-refractivity contribution in [3.05, 3.63) is 35.9 Å². The number of hydrogen-bond acceptors (Lipinski definition) is 9. The first kappa shape index (κ1) is 38.8. The Balaban J connectivity index is 2.64. The van der Waals surface area contributed by atoms with Gasteiger partial charge in [-0.25, -0.2) is 9.59 Å². The summed E-state index contributed by atoms with van der Waals surface area (Å²) < 4.78 is 10.5. The van der Waals surface area contributed by atoms with E-state index in [1.165, 1.54) is 0 Å². The number of carbonyl (C=O) groups excluding carboxylic acids is 4. The van der Waals surface area contributed by atoms with Gasteiger partial charge in [0.25, 0.3) is 0 Å². The van der Waals surface area contributed by atoms with Crippen LogP contribution in [-0.2, 0) is 30.5 Å². The van der Waals surface area contributed by atoms with E-state index in [0.717, 1.165) is 5.56 Å². The summed E-state index contributed by atoms with van der Waals surface area (Å²) in [6.45, 7) is 14.3. The van der Waals surface area contributed by atoms with Crippen LogP contribution in [0.4, 0.5) is 4.79 Å². The summed E-state index contributed by atoms with van der Waals surface area (Å²) in [5.74, 6) is -2.23. The van der Waals surface area contributed by atoms with Crippen LogP contribution >= 0.6 is 0 Å². The van der Waals surface area contributed by atoms with Crippen molar-refractivity contribution in [2.45, 2.75) is 130 Å². The first-order valence-corrected chi connectivity index (χ1v) is 15.2. The van der Waals surface area contributed by atoms with Crippen molar-refractivity contribution in [3.63, 3.8) is 0 Å². The summed E-state index contributed by atoms with van der Waals surface area (Å²) in [7, 11) is 0. The van der Waals surface area contributed by atoms with E-state index in [2.05, 4.69) is 16.0 Å². The van der Waals surface area contributed by atoms with Gasteiger partial charge in [0.2, 0.25) is 11.8 Å². The third-order valence-electron chi connectivity index (χ3n) is 6.66. The van der Waals surface area contributed by atoms with E-state index in [0.29, 0.717) is 6.42 Å². The van der Waals surface area contributed by atoms with Crippen molar-refractivity contribution in [2.24, 2.45) is 11.8 Å². The summed E-state index contributed by atoms with van der Waals surface area (Å²) in [6.07, 6.45) is -4.96. The molecule has 0 radical (unpaired) electrons. The molecule has 3 amide bonds. The Kier molecular flexibility index (Phi) is 16.4. The van der Waals surface area contributed by atoms with E-state index in [-0.39, 0.29) is 37.7 Å². The number of alkyl carbamates (subject to hydrolysis) is 1. The number of amides is 3. The molecule has 0 bridgehead atoms. The maximum Gasteiger partial charge on any atom is 0.407 e. The topological polar surface area (TPSA) is 184 Å². The summed E-state index contributed by atoms with van der Waals surface area (Å²) in [6, 6.07) is 7.19. The predicted molar refractivity (Wildman–Crippen MR) is 165 cm³/mol. The van der Waals surface area contributed by atoms with E-state index in [1.54, 1.807) is 39.8 Å². The number of nitrogens with one attached hydrogen (secondary N) is 3. The number of aliphatic hydroxyl groups excluding tert-OH is 3. The summed E-state index contributed by atoms with van der Waals surface area (Å²) in [5, 5.41) is 39.4. The zero-order valence-electron chi connectivity index (χ0n) is 27.3. The van der Waals surface area contributed by atoms with Crippen molar-refractivity contribution < 1.29 is 44.0 Å². The van der Waals surface area contributed by atoms with E-state index >= 15 is 0 Å². The SMILES string of the molecule is CC(C)C[C@@H](C[C@@H](O)C(=O)OCc1ccccc1)NC(=O)[C@H](O)C[C@H](C)NC(=O)[C@H](O)C[C@@H](NC(=O)OC(C)(C)C)C(C)C. The van der Waals surface area contributed by atoms with Gasteiger partial charge in [-0.1, -0.05) is 58.0 Å². The van der Waals surface area contributed by atoms with Gasteiger partial charge < -0.3 is 40.7 Å². The van der Waals surface area contributed by atoms with Crippen LogP contribution in [0, 0.1) is 11.8 Å². The van der Waals surface area contributed by atoms with Crippen LogP contribution in [0.25, 0.3) is 0 Å². The monoisotopic (exact) mass is 623 g/mol. The van der Waals surface area contributed by atoms with Crippen LogP contribution in [0.1, 0.15) is 86.6 Å². The Morgan fingerprint density at radius 2 is 1.32 bits per heavy atom. The number of benzene rings is 1. The van der Waals surface area contributed by atoms with Crippen LogP contribution in [0.3, 0.4) is 0 Å². The van der Waals surface area contributed by atoms with Gasteiger partial charge >= 0.3 is 12.1 Å². The summed E-state index contributed by atoms with van der Waals surface area (Å²) >= 11 is 0. The van der Waals surface area contributed by atoms with Gasteiger partial charge in [-0.15, -0.1) is 0 Å². The second-order valence-corrected chi connectivity index (χ2v) is 13.1. The molecular weight excluding hydrogens is 570 g/mol. The van der Waals surface area contributed by atoms with Crippen LogP contribution in [-0.4, -0.2) is 81.2 Å². The van der Waals surface area contributed by atoms with Crippen molar-refractivity contribution in [2.75, 3.05) is 0 Å². The number of esters is 1. The molecule has 6 atom stereocenters. The molecule has 0 saturated heterocycles. The molecule has 250 valence electrons. The Hall–Kier alpha value is -3.22. The third-order valence-corrected chi connectivity index (χ3v) is 6.66. The van der Waals surface area contributed by atoms with E-state index < -0.39 is 65.9 Å². The first-order chi connectivity index (χ1) is 20.4. The highest BCUT2D eigenvalue weighted by Crippen LogP contribution is 2.15. The average Bonchev–Trinajstić information content (AvgIpc) is 2.89. The minimum atomic E-state index is -1.50. The molecular formula is C32H53N3O9. The minimum Gasteiger partial charge on any atom is -0.459 e. The highest BCUT2D eigenvalue weighted by molar-refractivity contribution is 5.82. The fraction of sp³-hybridized carbons (Fsp3) is 0.688. The van der Waals surface area contributed by atoms with Crippen LogP contribution in [0.15, 0.2) is 30.3 Å². The number of hydrogen-bond donors (Lipinski definition) is 6. The zero-order valence-corrected chi connectivity index (χ0v) is 27.3. The largest absolute Gasteiger partial charge is 0.459 e. The molecule has 0 saturated carbocycles. The third kappa shape index (κ3) is 16.0. The van der Waals surface area contributed by atoms with Crippen LogP contribution in [0.5, 0.6) is 0 Å². The molecule has 0 fully saturated rings. The normalized spacial score (nSPS) is 15.8. The van der Waals surface area contributed by atoms with E-state index in [4.69, 9.17) is 9.47 Å². The maximum atomic E-state index is 12.8. The molecule has 1 aromatic rings. The lowest BCUT2D eigenvalue weighted by Crippen LogP contribution is -2.49. The number of ether oxygens (including phenoxy) is 2. The predicted octanol–water partition coefficient (Wildman–Crippen LogP) is 2.57. The van der Waals surface area contributed by atoms with Gasteiger partial charge in [-0.3, -0.25) is 9.59 Å². The van der Waals surface area contributed by atoms with Crippen LogP contribution < -0.4 is 16.0 Å². The Morgan fingerprint density at radius 1 is 0.750 bits per heavy atom. The fourth-order valence-electron chi connectivity index (χ4n) is 4.42. The average molecular weight is 624 g/mol. The zero-order chi connectivity index (χ0) is 33.6. The number of carbonyl (C=O) groups is 4. The molecule has 12 heteroatoms. The van der Waals surface area contributed by atoms with Gasteiger partial charge in [0.1, 0.15) is 24.4 Å².